The smallest absolute Gasteiger partial charge is 0.242 e. The Labute approximate surface area is 206 Å². The van der Waals surface area contributed by atoms with Crippen molar-refractivity contribution in [3.63, 3.8) is 0 Å². The van der Waals surface area contributed by atoms with Gasteiger partial charge in [-0.1, -0.05) is 67.1 Å². The summed E-state index contributed by atoms with van der Waals surface area (Å²) < 4.78 is 34.4. The number of para-hydroxylation sites is 1. The van der Waals surface area contributed by atoms with Gasteiger partial charge in [-0.15, -0.1) is 0 Å². The predicted molar refractivity (Wildman–Crippen MR) is 136 cm³/mol. The summed E-state index contributed by atoms with van der Waals surface area (Å²) in [6.07, 6.45) is 0.918. The van der Waals surface area contributed by atoms with Crippen LogP contribution in [0.5, 0.6) is 5.75 Å². The minimum absolute atomic E-state index is 0.0445. The zero-order chi connectivity index (χ0) is 24.7. The van der Waals surface area contributed by atoms with E-state index in [0.29, 0.717) is 18.0 Å². The SMILES string of the molecule is CCOc1ccc(S(=O)(=O)NC(Cc2ccccc2)C(=O)Nc2c(C)cccc2CC)cc1Cl. The first-order valence-electron chi connectivity index (χ1n) is 11.1. The molecule has 1 unspecified atom stereocenters. The molecule has 3 rings (SSSR count). The number of benzene rings is 3. The number of nitrogens with one attached hydrogen (secondary N) is 2. The minimum Gasteiger partial charge on any atom is -0.492 e. The molecule has 0 heterocycles. The maximum absolute atomic E-state index is 13.4. The number of carbonyl (C=O) groups excluding carboxylic acids is 1. The Morgan fingerprint density at radius 3 is 2.41 bits per heavy atom. The second kappa shape index (κ2) is 11.5. The number of hydrogen-bond acceptors (Lipinski definition) is 4. The highest BCUT2D eigenvalue weighted by atomic mass is 35.5. The summed E-state index contributed by atoms with van der Waals surface area (Å²) in [6, 6.07) is 18.3. The molecule has 2 N–H and O–H groups in total. The number of rotatable bonds is 10. The summed E-state index contributed by atoms with van der Waals surface area (Å²) >= 11 is 6.20. The topological polar surface area (TPSA) is 84.5 Å². The summed E-state index contributed by atoms with van der Waals surface area (Å²) in [5.74, 6) is -0.0400. The lowest BCUT2D eigenvalue weighted by molar-refractivity contribution is -0.117. The van der Waals surface area contributed by atoms with Gasteiger partial charge in [0.25, 0.3) is 0 Å². The Hall–Kier alpha value is -2.87. The van der Waals surface area contributed by atoms with E-state index >= 15 is 0 Å². The Morgan fingerprint density at radius 2 is 1.76 bits per heavy atom. The van der Waals surface area contributed by atoms with Crippen molar-refractivity contribution in [2.45, 2.75) is 44.6 Å². The van der Waals surface area contributed by atoms with Crippen LogP contribution in [0.15, 0.2) is 71.6 Å². The first kappa shape index (κ1) is 25.7. The molecule has 0 fully saturated rings. The third-order valence-electron chi connectivity index (χ3n) is 5.40. The lowest BCUT2D eigenvalue weighted by Gasteiger charge is -2.21. The van der Waals surface area contributed by atoms with Gasteiger partial charge >= 0.3 is 0 Å². The summed E-state index contributed by atoms with van der Waals surface area (Å²) in [5.41, 5.74) is 3.42. The molecule has 0 aliphatic heterocycles. The number of ether oxygens (including phenoxy) is 1. The number of aryl methyl sites for hydroxylation is 2. The Balaban J connectivity index is 1.92. The fraction of sp³-hybridized carbons (Fsp3) is 0.269. The van der Waals surface area contributed by atoms with Gasteiger partial charge < -0.3 is 10.1 Å². The van der Waals surface area contributed by atoms with E-state index in [4.69, 9.17) is 16.3 Å². The molecule has 180 valence electrons. The molecule has 3 aromatic carbocycles. The fourth-order valence-electron chi connectivity index (χ4n) is 3.63. The average molecular weight is 501 g/mol. The van der Waals surface area contributed by atoms with Gasteiger partial charge in [0.2, 0.25) is 15.9 Å². The van der Waals surface area contributed by atoms with Crippen molar-refractivity contribution in [2.24, 2.45) is 0 Å². The van der Waals surface area contributed by atoms with Gasteiger partial charge in [-0.25, -0.2) is 8.42 Å². The molecule has 0 spiro atoms. The lowest BCUT2D eigenvalue weighted by Crippen LogP contribution is -2.45. The molecule has 1 atom stereocenters. The number of sulfonamides is 1. The van der Waals surface area contributed by atoms with Crippen LogP contribution in [-0.4, -0.2) is 27.0 Å². The highest BCUT2D eigenvalue weighted by Crippen LogP contribution is 2.28. The van der Waals surface area contributed by atoms with Gasteiger partial charge in [0.05, 0.1) is 16.5 Å². The number of amides is 1. The summed E-state index contributed by atoms with van der Waals surface area (Å²) in [5, 5.41) is 3.13. The van der Waals surface area contributed by atoms with Crippen LogP contribution in [0.1, 0.15) is 30.5 Å². The molecule has 0 aromatic heterocycles. The van der Waals surface area contributed by atoms with Gasteiger partial charge in [0.15, 0.2) is 0 Å². The van der Waals surface area contributed by atoms with Crippen LogP contribution in [0.4, 0.5) is 5.69 Å². The van der Waals surface area contributed by atoms with Crippen LogP contribution in [0.3, 0.4) is 0 Å². The van der Waals surface area contributed by atoms with Gasteiger partial charge in [-0.2, -0.15) is 4.72 Å². The lowest BCUT2D eigenvalue weighted by atomic mass is 10.0. The van der Waals surface area contributed by atoms with Gasteiger partial charge in [-0.3, -0.25) is 4.79 Å². The second-order valence-electron chi connectivity index (χ2n) is 7.84. The molecular formula is C26H29ClN2O4S. The standard InChI is InChI=1S/C26H29ClN2O4S/c1-4-20-13-9-10-18(3)25(20)28-26(30)23(16-19-11-7-6-8-12-19)29-34(31,32)21-14-15-24(33-5-2)22(27)17-21/h6-15,17,23,29H,4-5,16H2,1-3H3,(H,28,30). The molecule has 0 aliphatic carbocycles. The van der Waals surface area contributed by atoms with E-state index in [0.717, 1.165) is 23.1 Å². The Morgan fingerprint density at radius 1 is 1.03 bits per heavy atom. The number of anilines is 1. The van der Waals surface area contributed by atoms with Crippen molar-refractivity contribution < 1.29 is 17.9 Å². The first-order chi connectivity index (χ1) is 16.2. The summed E-state index contributed by atoms with van der Waals surface area (Å²) in [6.45, 7) is 6.13. The van der Waals surface area contributed by atoms with Crippen LogP contribution in [0.25, 0.3) is 0 Å². The van der Waals surface area contributed by atoms with Gasteiger partial charge in [0.1, 0.15) is 11.8 Å². The fourth-order valence-corrected chi connectivity index (χ4v) is 5.15. The zero-order valence-corrected chi connectivity index (χ0v) is 21.0. The van der Waals surface area contributed by atoms with E-state index in [1.165, 1.54) is 18.2 Å². The third-order valence-corrected chi connectivity index (χ3v) is 7.16. The maximum Gasteiger partial charge on any atom is 0.242 e. The van der Waals surface area contributed by atoms with Crippen molar-refractivity contribution in [2.75, 3.05) is 11.9 Å². The highest BCUT2D eigenvalue weighted by molar-refractivity contribution is 7.89. The van der Waals surface area contributed by atoms with E-state index < -0.39 is 22.0 Å². The van der Waals surface area contributed by atoms with Crippen molar-refractivity contribution in [1.82, 2.24) is 4.72 Å². The number of hydrogen-bond donors (Lipinski definition) is 2. The molecule has 34 heavy (non-hydrogen) atoms. The van der Waals surface area contributed by atoms with Crippen molar-refractivity contribution >= 4 is 33.2 Å². The van der Waals surface area contributed by atoms with Crippen LogP contribution >= 0.6 is 11.6 Å². The van der Waals surface area contributed by atoms with Crippen molar-refractivity contribution in [3.8, 4) is 5.75 Å². The molecule has 8 heteroatoms. The Bertz CT molecular complexity index is 1250. The second-order valence-corrected chi connectivity index (χ2v) is 9.96. The van der Waals surface area contributed by atoms with Crippen LogP contribution in [0.2, 0.25) is 5.02 Å². The summed E-state index contributed by atoms with van der Waals surface area (Å²) in [4.78, 5) is 13.3. The minimum atomic E-state index is -4.05. The van der Waals surface area contributed by atoms with Crippen LogP contribution in [-0.2, 0) is 27.7 Å². The number of carbonyl (C=O) groups is 1. The van der Waals surface area contributed by atoms with E-state index in [1.54, 1.807) is 0 Å². The highest BCUT2D eigenvalue weighted by Gasteiger charge is 2.27. The molecule has 0 aliphatic rings. The van der Waals surface area contributed by atoms with E-state index in [1.807, 2.05) is 69.3 Å². The first-order valence-corrected chi connectivity index (χ1v) is 13.0. The monoisotopic (exact) mass is 500 g/mol. The van der Waals surface area contributed by atoms with Crippen molar-refractivity contribution in [1.29, 1.82) is 0 Å². The van der Waals surface area contributed by atoms with Crippen molar-refractivity contribution in [3.05, 3.63) is 88.4 Å². The molecular weight excluding hydrogens is 472 g/mol. The molecule has 0 saturated carbocycles. The van der Waals surface area contributed by atoms with Gasteiger partial charge in [0, 0.05) is 5.69 Å². The molecule has 0 saturated heterocycles. The molecule has 3 aromatic rings. The molecule has 1 amide bonds. The largest absolute Gasteiger partial charge is 0.492 e. The maximum atomic E-state index is 13.4. The Kier molecular flexibility index (Phi) is 8.72. The quantitative estimate of drug-likeness (QED) is 0.404. The summed E-state index contributed by atoms with van der Waals surface area (Å²) in [7, 11) is -4.05. The van der Waals surface area contributed by atoms with Gasteiger partial charge in [-0.05, 0) is 61.6 Å². The van der Waals surface area contributed by atoms with Crippen LogP contribution < -0.4 is 14.8 Å². The van der Waals surface area contributed by atoms with E-state index in [2.05, 4.69) is 10.0 Å². The average Bonchev–Trinajstić information content (AvgIpc) is 2.81. The third kappa shape index (κ3) is 6.38. The molecule has 0 bridgehead atoms. The van der Waals surface area contributed by atoms with E-state index in [-0.39, 0.29) is 16.3 Å². The predicted octanol–water partition coefficient (Wildman–Crippen LogP) is 5.14. The normalized spacial score (nSPS) is 12.2. The molecule has 6 nitrogen and oxygen atoms in total. The van der Waals surface area contributed by atoms with E-state index in [9.17, 15) is 13.2 Å². The van der Waals surface area contributed by atoms with Crippen LogP contribution in [0, 0.1) is 6.92 Å². The zero-order valence-electron chi connectivity index (χ0n) is 19.5. The molecule has 0 radical (unpaired) electrons. The number of halogens is 1.